The van der Waals surface area contributed by atoms with Crippen molar-refractivity contribution < 1.29 is 37.0 Å². The lowest BCUT2D eigenvalue weighted by atomic mass is 10.0. The van der Waals surface area contributed by atoms with Gasteiger partial charge in [-0.3, -0.25) is 4.79 Å². The highest BCUT2D eigenvalue weighted by Gasteiger charge is 2.35. The van der Waals surface area contributed by atoms with Crippen molar-refractivity contribution in [1.82, 2.24) is 0 Å². The molecule has 1 unspecified atom stereocenters. The van der Waals surface area contributed by atoms with Gasteiger partial charge in [-0.25, -0.2) is 0 Å². The van der Waals surface area contributed by atoms with Gasteiger partial charge in [-0.1, -0.05) is 28.9 Å². The standard InChI is InChI=1S/C29H26ClF3N4O5/c1-17(36-41-11-9-34)19-12-21(15-23(13-19)39-2)35-27(24-7-5-20(30)14-26(24)40-3)28(38)37-10-8-18-4-6-22(16-25(18)37)42-29(31,32)33/h4-7,12-16,27,35H,8,10-11H2,1-3H3/b36-17+. The lowest BCUT2D eigenvalue weighted by molar-refractivity contribution is -0.274. The third-order valence-corrected chi connectivity index (χ3v) is 6.64. The number of methoxy groups -OCH3 is 2. The molecule has 3 aromatic rings. The molecule has 1 aliphatic rings. The fraction of sp³-hybridized carbons (Fsp3) is 0.276. The molecule has 13 heteroatoms. The number of oxime groups is 1. The number of carbonyl (C=O) groups excluding carboxylic acids is 1. The third kappa shape index (κ3) is 7.16. The monoisotopic (exact) mass is 602 g/mol. The Kier molecular flexibility index (Phi) is 9.32. The Morgan fingerprint density at radius 2 is 1.90 bits per heavy atom. The number of amides is 1. The number of ether oxygens (including phenoxy) is 3. The largest absolute Gasteiger partial charge is 0.573 e. The molecule has 1 atom stereocenters. The molecule has 0 saturated heterocycles. The van der Waals surface area contributed by atoms with Crippen LogP contribution in [0.1, 0.15) is 29.7 Å². The number of hydrogen-bond acceptors (Lipinski definition) is 8. The number of hydrogen-bond donors (Lipinski definition) is 1. The van der Waals surface area contributed by atoms with Crippen molar-refractivity contribution in [3.63, 3.8) is 0 Å². The van der Waals surface area contributed by atoms with Crippen molar-refractivity contribution >= 4 is 34.6 Å². The first-order valence-electron chi connectivity index (χ1n) is 12.6. The van der Waals surface area contributed by atoms with Crippen molar-refractivity contribution in [3.8, 4) is 23.3 Å². The zero-order valence-corrected chi connectivity index (χ0v) is 23.5. The molecule has 0 aromatic heterocycles. The van der Waals surface area contributed by atoms with Crippen LogP contribution in [0, 0.1) is 11.3 Å². The molecule has 1 amide bonds. The molecule has 0 fully saturated rings. The molecule has 3 aromatic carbocycles. The zero-order valence-electron chi connectivity index (χ0n) is 22.8. The van der Waals surface area contributed by atoms with Gasteiger partial charge >= 0.3 is 6.36 Å². The van der Waals surface area contributed by atoms with Gasteiger partial charge in [-0.05, 0) is 49.2 Å². The minimum Gasteiger partial charge on any atom is -0.497 e. The summed E-state index contributed by atoms with van der Waals surface area (Å²) in [5.74, 6) is -0.113. The summed E-state index contributed by atoms with van der Waals surface area (Å²) < 4.78 is 53.8. The Hall–Kier alpha value is -4.63. The number of nitrogens with zero attached hydrogens (tertiary/aromatic N) is 3. The second kappa shape index (κ2) is 12.9. The average molecular weight is 603 g/mol. The molecular weight excluding hydrogens is 577 g/mol. The van der Waals surface area contributed by atoms with E-state index in [0.29, 0.717) is 56.7 Å². The van der Waals surface area contributed by atoms with E-state index in [1.165, 1.54) is 37.3 Å². The molecule has 1 N–H and O–H groups in total. The zero-order chi connectivity index (χ0) is 30.4. The molecule has 9 nitrogen and oxygen atoms in total. The quantitative estimate of drug-likeness (QED) is 0.166. The highest BCUT2D eigenvalue weighted by Crippen LogP contribution is 2.38. The summed E-state index contributed by atoms with van der Waals surface area (Å²) in [7, 11) is 2.92. The second-order valence-corrected chi connectivity index (χ2v) is 9.54. The van der Waals surface area contributed by atoms with Crippen LogP contribution in [-0.2, 0) is 16.1 Å². The van der Waals surface area contributed by atoms with Gasteiger partial charge in [0.1, 0.15) is 29.4 Å². The molecule has 4 rings (SSSR count). The number of benzene rings is 3. The van der Waals surface area contributed by atoms with Crippen molar-refractivity contribution in [2.24, 2.45) is 5.16 Å². The summed E-state index contributed by atoms with van der Waals surface area (Å²) in [6.45, 7) is 1.69. The van der Waals surface area contributed by atoms with Gasteiger partial charge in [0.05, 0.1) is 25.6 Å². The van der Waals surface area contributed by atoms with Gasteiger partial charge in [0, 0.05) is 40.5 Å². The van der Waals surface area contributed by atoms with Crippen molar-refractivity contribution in [3.05, 3.63) is 76.3 Å². The lowest BCUT2D eigenvalue weighted by Crippen LogP contribution is -2.37. The highest BCUT2D eigenvalue weighted by atomic mass is 35.5. The van der Waals surface area contributed by atoms with E-state index in [2.05, 4.69) is 15.2 Å². The maximum atomic E-state index is 14.2. The normalized spacial score (nSPS) is 13.6. The molecule has 1 aliphatic heterocycles. The summed E-state index contributed by atoms with van der Waals surface area (Å²) in [5.41, 5.74) is 2.95. The maximum absolute atomic E-state index is 14.2. The van der Waals surface area contributed by atoms with E-state index < -0.39 is 24.1 Å². The van der Waals surface area contributed by atoms with E-state index in [1.54, 1.807) is 43.3 Å². The van der Waals surface area contributed by atoms with Crippen LogP contribution in [0.25, 0.3) is 0 Å². The molecule has 42 heavy (non-hydrogen) atoms. The number of nitrogens with one attached hydrogen (secondary N) is 1. The first-order valence-corrected chi connectivity index (χ1v) is 12.9. The second-order valence-electron chi connectivity index (χ2n) is 9.10. The van der Waals surface area contributed by atoms with Crippen LogP contribution < -0.4 is 24.4 Å². The van der Waals surface area contributed by atoms with Crippen LogP contribution >= 0.6 is 11.6 Å². The number of fused-ring (bicyclic) bond motifs is 1. The molecule has 0 spiro atoms. The number of alkyl halides is 3. The number of nitriles is 1. The first kappa shape index (κ1) is 30.3. The number of rotatable bonds is 10. The Morgan fingerprint density at radius 3 is 2.60 bits per heavy atom. The Labute approximate surface area is 245 Å². The molecule has 0 saturated carbocycles. The first-order chi connectivity index (χ1) is 20.0. The Bertz CT molecular complexity index is 1540. The van der Waals surface area contributed by atoms with Crippen LogP contribution in [-0.4, -0.2) is 45.4 Å². The molecule has 1 heterocycles. The predicted molar refractivity (Wildman–Crippen MR) is 150 cm³/mol. The highest BCUT2D eigenvalue weighted by molar-refractivity contribution is 6.30. The van der Waals surface area contributed by atoms with E-state index >= 15 is 0 Å². The van der Waals surface area contributed by atoms with E-state index in [-0.39, 0.29) is 13.2 Å². The molecular formula is C29H26ClF3N4O5. The van der Waals surface area contributed by atoms with Gasteiger partial charge < -0.3 is 29.3 Å². The predicted octanol–water partition coefficient (Wildman–Crippen LogP) is 6.26. The van der Waals surface area contributed by atoms with Gasteiger partial charge in [0.25, 0.3) is 5.91 Å². The summed E-state index contributed by atoms with van der Waals surface area (Å²) in [6.07, 6.45) is -4.44. The maximum Gasteiger partial charge on any atom is 0.573 e. The van der Waals surface area contributed by atoms with Crippen molar-refractivity contribution in [2.45, 2.75) is 25.7 Å². The van der Waals surface area contributed by atoms with Crippen LogP contribution in [0.5, 0.6) is 17.2 Å². The summed E-state index contributed by atoms with van der Waals surface area (Å²) in [5, 5.41) is 16.3. The summed E-state index contributed by atoms with van der Waals surface area (Å²) in [4.78, 5) is 20.6. The number of carbonyl (C=O) groups is 1. The smallest absolute Gasteiger partial charge is 0.497 e. The summed E-state index contributed by atoms with van der Waals surface area (Å²) in [6, 6.07) is 14.6. The van der Waals surface area contributed by atoms with E-state index in [9.17, 15) is 18.0 Å². The van der Waals surface area contributed by atoms with Gasteiger partial charge in [-0.2, -0.15) is 5.26 Å². The molecule has 0 radical (unpaired) electrons. The van der Waals surface area contributed by atoms with E-state index in [4.69, 9.17) is 31.2 Å². The van der Waals surface area contributed by atoms with Crippen molar-refractivity contribution in [1.29, 1.82) is 5.26 Å². The van der Waals surface area contributed by atoms with E-state index in [1.807, 2.05) is 6.07 Å². The Morgan fingerprint density at radius 1 is 1.12 bits per heavy atom. The van der Waals surface area contributed by atoms with Crippen molar-refractivity contribution in [2.75, 3.05) is 37.6 Å². The third-order valence-electron chi connectivity index (χ3n) is 6.41. The van der Waals surface area contributed by atoms with Crippen LogP contribution in [0.4, 0.5) is 24.5 Å². The van der Waals surface area contributed by atoms with Crippen LogP contribution in [0.15, 0.2) is 59.8 Å². The minimum atomic E-state index is -4.88. The fourth-order valence-electron chi connectivity index (χ4n) is 4.52. The van der Waals surface area contributed by atoms with E-state index in [0.717, 1.165) is 0 Å². The molecule has 0 aliphatic carbocycles. The number of anilines is 2. The Balaban J connectivity index is 1.76. The molecule has 0 bridgehead atoms. The minimum absolute atomic E-state index is 0.230. The van der Waals surface area contributed by atoms with Gasteiger partial charge in [0.15, 0.2) is 0 Å². The lowest BCUT2D eigenvalue weighted by Gasteiger charge is -2.27. The van der Waals surface area contributed by atoms with Gasteiger partial charge in [0.2, 0.25) is 6.61 Å². The van der Waals surface area contributed by atoms with Crippen LogP contribution in [0.2, 0.25) is 5.02 Å². The summed E-state index contributed by atoms with van der Waals surface area (Å²) >= 11 is 6.19. The SMILES string of the molecule is COc1cc(NC(C(=O)N2CCc3ccc(OC(F)(F)F)cc32)c2ccc(Cl)cc2OC)cc(/C(C)=N/OCC#N)c1. The molecule has 220 valence electrons. The number of halogens is 4. The average Bonchev–Trinajstić information content (AvgIpc) is 3.38. The fourth-order valence-corrected chi connectivity index (χ4v) is 4.69. The van der Waals surface area contributed by atoms with Crippen LogP contribution in [0.3, 0.4) is 0 Å². The topological polar surface area (TPSA) is 105 Å². The van der Waals surface area contributed by atoms with Gasteiger partial charge in [-0.15, -0.1) is 13.2 Å².